The highest BCUT2D eigenvalue weighted by Gasteiger charge is 2.53. The molecule has 3 fully saturated rings. The molecule has 3 aliphatic rings. The average molecular weight is 253 g/mol. The number of hydrogen-bond acceptors (Lipinski definition) is 3. The molecule has 1 aliphatic heterocycles. The molecule has 0 bridgehead atoms. The van der Waals surface area contributed by atoms with Crippen molar-refractivity contribution in [3.63, 3.8) is 0 Å². The van der Waals surface area contributed by atoms with Gasteiger partial charge in [-0.15, -0.1) is 0 Å². The minimum absolute atomic E-state index is 0.168. The van der Waals surface area contributed by atoms with Crippen LogP contribution in [0.3, 0.4) is 0 Å². The molecule has 3 unspecified atom stereocenters. The van der Waals surface area contributed by atoms with Gasteiger partial charge in [-0.25, -0.2) is 0 Å². The molecule has 0 aromatic carbocycles. The van der Waals surface area contributed by atoms with E-state index in [0.717, 1.165) is 44.1 Å². The fourth-order valence-electron chi connectivity index (χ4n) is 4.32. The van der Waals surface area contributed by atoms with E-state index in [2.05, 4.69) is 0 Å². The molecule has 0 aromatic heterocycles. The fourth-order valence-corrected chi connectivity index (χ4v) is 4.32. The molecule has 104 valence electrons. The van der Waals surface area contributed by atoms with Gasteiger partial charge in [0.15, 0.2) is 0 Å². The lowest BCUT2D eigenvalue weighted by molar-refractivity contribution is -0.168. The molecule has 18 heavy (non-hydrogen) atoms. The molecule has 3 nitrogen and oxygen atoms in total. The Kier molecular flexibility index (Phi) is 3.41. The van der Waals surface area contributed by atoms with Gasteiger partial charge in [0.1, 0.15) is 0 Å². The predicted octanol–water partition coefficient (Wildman–Crippen LogP) is 2.07. The van der Waals surface area contributed by atoms with Crippen molar-refractivity contribution in [2.24, 2.45) is 23.0 Å². The largest absolute Gasteiger partial charge is 0.389 e. The van der Waals surface area contributed by atoms with Gasteiger partial charge in [0.2, 0.25) is 0 Å². The summed E-state index contributed by atoms with van der Waals surface area (Å²) in [5, 5.41) is 11.2. The minimum atomic E-state index is -0.562. The topological polar surface area (TPSA) is 55.5 Å². The van der Waals surface area contributed by atoms with Crippen LogP contribution in [0.1, 0.15) is 51.4 Å². The molecule has 2 aliphatic carbocycles. The van der Waals surface area contributed by atoms with E-state index in [0.29, 0.717) is 13.2 Å². The predicted molar refractivity (Wildman–Crippen MR) is 71.2 cm³/mol. The molecule has 2 saturated carbocycles. The van der Waals surface area contributed by atoms with E-state index in [1.807, 2.05) is 0 Å². The molecular weight excluding hydrogens is 226 g/mol. The van der Waals surface area contributed by atoms with E-state index >= 15 is 0 Å². The molecule has 3 heteroatoms. The van der Waals surface area contributed by atoms with Crippen LogP contribution in [-0.2, 0) is 4.74 Å². The Morgan fingerprint density at radius 3 is 2.56 bits per heavy atom. The Bertz CT molecular complexity index is 297. The number of rotatable bonds is 3. The van der Waals surface area contributed by atoms with Crippen LogP contribution in [0.25, 0.3) is 0 Å². The van der Waals surface area contributed by atoms with Crippen LogP contribution < -0.4 is 5.73 Å². The van der Waals surface area contributed by atoms with Gasteiger partial charge in [-0.2, -0.15) is 0 Å². The summed E-state index contributed by atoms with van der Waals surface area (Å²) >= 11 is 0. The van der Waals surface area contributed by atoms with Gasteiger partial charge in [-0.3, -0.25) is 0 Å². The maximum Gasteiger partial charge on any atom is 0.0740 e. The first kappa shape index (κ1) is 12.9. The lowest BCUT2D eigenvalue weighted by Crippen LogP contribution is -2.58. The van der Waals surface area contributed by atoms with Crippen LogP contribution in [0.15, 0.2) is 0 Å². The zero-order valence-electron chi connectivity index (χ0n) is 11.4. The summed E-state index contributed by atoms with van der Waals surface area (Å²) in [4.78, 5) is 0. The van der Waals surface area contributed by atoms with E-state index < -0.39 is 5.60 Å². The van der Waals surface area contributed by atoms with Crippen molar-refractivity contribution in [3.05, 3.63) is 0 Å². The first-order chi connectivity index (χ1) is 8.69. The first-order valence-corrected chi connectivity index (χ1v) is 7.69. The van der Waals surface area contributed by atoms with Crippen molar-refractivity contribution in [1.82, 2.24) is 0 Å². The maximum absolute atomic E-state index is 11.2. The molecule has 0 aromatic rings. The summed E-state index contributed by atoms with van der Waals surface area (Å²) in [6, 6.07) is 0. The molecule has 1 saturated heterocycles. The van der Waals surface area contributed by atoms with Crippen molar-refractivity contribution in [2.75, 3.05) is 19.8 Å². The highest BCUT2D eigenvalue weighted by molar-refractivity contribution is 5.05. The van der Waals surface area contributed by atoms with Crippen molar-refractivity contribution in [2.45, 2.75) is 57.0 Å². The smallest absolute Gasteiger partial charge is 0.0740 e. The Morgan fingerprint density at radius 2 is 1.94 bits per heavy atom. The lowest BCUT2D eigenvalue weighted by Gasteiger charge is -2.52. The second-order valence-electron chi connectivity index (χ2n) is 6.87. The summed E-state index contributed by atoms with van der Waals surface area (Å²) in [6.45, 7) is 2.07. The third-order valence-corrected chi connectivity index (χ3v) is 5.75. The normalized spacial score (nSPS) is 46.0. The maximum atomic E-state index is 11.2. The number of ether oxygens (including phenoxy) is 1. The minimum Gasteiger partial charge on any atom is -0.389 e. The summed E-state index contributed by atoms with van der Waals surface area (Å²) < 4.78 is 5.67. The Hall–Kier alpha value is -0.120. The molecule has 3 atom stereocenters. The summed E-state index contributed by atoms with van der Waals surface area (Å²) in [6.07, 6.45) is 9.23. The van der Waals surface area contributed by atoms with Crippen molar-refractivity contribution in [1.29, 1.82) is 0 Å². The third kappa shape index (κ3) is 2.10. The first-order valence-electron chi connectivity index (χ1n) is 7.69. The van der Waals surface area contributed by atoms with Crippen LogP contribution >= 0.6 is 0 Å². The third-order valence-electron chi connectivity index (χ3n) is 5.75. The summed E-state index contributed by atoms with van der Waals surface area (Å²) in [5.41, 5.74) is 5.32. The molecule has 3 rings (SSSR count). The Balaban J connectivity index is 1.77. The van der Waals surface area contributed by atoms with Crippen molar-refractivity contribution in [3.8, 4) is 0 Å². The van der Waals surface area contributed by atoms with Crippen molar-refractivity contribution < 1.29 is 9.84 Å². The van der Waals surface area contributed by atoms with E-state index in [-0.39, 0.29) is 5.41 Å². The Morgan fingerprint density at radius 1 is 1.11 bits per heavy atom. The zero-order valence-corrected chi connectivity index (χ0v) is 11.4. The van der Waals surface area contributed by atoms with E-state index in [4.69, 9.17) is 10.5 Å². The standard InChI is InChI=1S/C15H27NO2/c16-10-14(6-2-8-18-11-14)15(17)7-1-3-13(9-15)12-4-5-12/h12-13,17H,1-11,16H2. The number of hydrogen-bond donors (Lipinski definition) is 2. The molecule has 0 amide bonds. The van der Waals surface area contributed by atoms with E-state index in [1.165, 1.54) is 25.7 Å². The van der Waals surface area contributed by atoms with E-state index in [9.17, 15) is 5.11 Å². The molecule has 1 heterocycles. The highest BCUT2D eigenvalue weighted by Crippen LogP contribution is 2.53. The van der Waals surface area contributed by atoms with Gasteiger partial charge < -0.3 is 15.6 Å². The molecule has 0 spiro atoms. The van der Waals surface area contributed by atoms with Crippen LogP contribution in [0, 0.1) is 17.3 Å². The monoisotopic (exact) mass is 253 g/mol. The second-order valence-corrected chi connectivity index (χ2v) is 6.87. The van der Waals surface area contributed by atoms with Crippen LogP contribution in [0.2, 0.25) is 0 Å². The van der Waals surface area contributed by atoms with Crippen molar-refractivity contribution >= 4 is 0 Å². The SMILES string of the molecule is NCC1(C2(O)CCCC(C3CC3)C2)CCCOC1. The van der Waals surface area contributed by atoms with Crippen LogP contribution in [0.4, 0.5) is 0 Å². The van der Waals surface area contributed by atoms with E-state index in [1.54, 1.807) is 0 Å². The molecule has 3 N–H and O–H groups in total. The average Bonchev–Trinajstić information content (AvgIpc) is 3.24. The second kappa shape index (κ2) is 4.77. The van der Waals surface area contributed by atoms with Gasteiger partial charge >= 0.3 is 0 Å². The van der Waals surface area contributed by atoms with Crippen LogP contribution in [0.5, 0.6) is 0 Å². The van der Waals surface area contributed by atoms with Gasteiger partial charge in [0.05, 0.1) is 12.2 Å². The van der Waals surface area contributed by atoms with Gasteiger partial charge in [0.25, 0.3) is 0 Å². The molecular formula is C15H27NO2. The Labute approximate surface area is 110 Å². The molecule has 0 radical (unpaired) electrons. The number of aliphatic hydroxyl groups is 1. The van der Waals surface area contributed by atoms with Crippen LogP contribution in [-0.4, -0.2) is 30.5 Å². The fraction of sp³-hybridized carbons (Fsp3) is 1.00. The lowest BCUT2D eigenvalue weighted by atomic mass is 9.60. The number of nitrogens with two attached hydrogens (primary N) is 1. The van der Waals surface area contributed by atoms with Gasteiger partial charge in [0, 0.05) is 18.6 Å². The van der Waals surface area contributed by atoms with Gasteiger partial charge in [-0.1, -0.05) is 6.42 Å². The van der Waals surface area contributed by atoms with Gasteiger partial charge in [-0.05, 0) is 56.8 Å². The highest BCUT2D eigenvalue weighted by atomic mass is 16.5. The zero-order chi connectivity index (χ0) is 12.6. The quantitative estimate of drug-likeness (QED) is 0.809. The summed E-state index contributed by atoms with van der Waals surface area (Å²) in [7, 11) is 0. The summed E-state index contributed by atoms with van der Waals surface area (Å²) in [5.74, 6) is 1.64.